The molecule has 0 aliphatic carbocycles. The van der Waals surface area contributed by atoms with Crippen LogP contribution in [-0.2, 0) is 11.3 Å². The normalized spacial score (nSPS) is 20.3. The third-order valence-corrected chi connectivity index (χ3v) is 2.84. The summed E-state index contributed by atoms with van der Waals surface area (Å²) in [6.45, 7) is 5.80. The maximum absolute atomic E-state index is 8.86. The van der Waals surface area contributed by atoms with E-state index in [1.54, 1.807) is 0 Å². The molecule has 1 unspecified atom stereocenters. The first kappa shape index (κ1) is 12.8. The van der Waals surface area contributed by atoms with Crippen LogP contribution in [0.4, 0.5) is 5.82 Å². The van der Waals surface area contributed by atoms with E-state index >= 15 is 0 Å². The topological polar surface area (TPSA) is 61.2 Å². The number of rotatable bonds is 4. The summed E-state index contributed by atoms with van der Waals surface area (Å²) < 4.78 is 5.32. The summed E-state index contributed by atoms with van der Waals surface area (Å²) >= 11 is 0. The van der Waals surface area contributed by atoms with Crippen LogP contribution in [0.25, 0.3) is 0 Å². The van der Waals surface area contributed by atoms with Gasteiger partial charge in [-0.3, -0.25) is 4.90 Å². The van der Waals surface area contributed by atoms with Gasteiger partial charge in [-0.05, 0) is 19.1 Å². The van der Waals surface area contributed by atoms with Gasteiger partial charge in [0.25, 0.3) is 0 Å². The number of aromatic nitrogens is 1. The fourth-order valence-electron chi connectivity index (χ4n) is 2.00. The van der Waals surface area contributed by atoms with Crippen molar-refractivity contribution >= 4 is 5.82 Å². The second-order valence-electron chi connectivity index (χ2n) is 4.27. The van der Waals surface area contributed by atoms with Crippen molar-refractivity contribution in [2.45, 2.75) is 19.6 Å². The quantitative estimate of drug-likeness (QED) is 0.866. The van der Waals surface area contributed by atoms with Gasteiger partial charge in [0.05, 0.1) is 18.4 Å². The first-order valence-corrected chi connectivity index (χ1v) is 6.25. The van der Waals surface area contributed by atoms with E-state index in [1.807, 2.05) is 25.1 Å². The van der Waals surface area contributed by atoms with Crippen molar-refractivity contribution in [3.63, 3.8) is 0 Å². The number of hydrogen-bond acceptors (Lipinski definition) is 5. The van der Waals surface area contributed by atoms with E-state index in [9.17, 15) is 0 Å². The lowest BCUT2D eigenvalue weighted by atomic mass is 10.2. The van der Waals surface area contributed by atoms with Gasteiger partial charge in [-0.2, -0.15) is 5.26 Å². The van der Waals surface area contributed by atoms with Gasteiger partial charge in [-0.25, -0.2) is 4.98 Å². The standard InChI is InChI=1S/C13H18N4O/c1-2-15-13-5-3-4-11(16-13)9-17-6-7-18-12(8-14)10-17/h3-5,12H,2,6-7,9-10H2,1H3,(H,15,16). The molecule has 1 atom stereocenters. The van der Waals surface area contributed by atoms with E-state index in [1.165, 1.54) is 0 Å². The molecule has 0 spiro atoms. The van der Waals surface area contributed by atoms with E-state index in [4.69, 9.17) is 10.00 Å². The Balaban J connectivity index is 1.96. The first-order chi connectivity index (χ1) is 8.81. The van der Waals surface area contributed by atoms with Gasteiger partial charge < -0.3 is 10.1 Å². The summed E-state index contributed by atoms with van der Waals surface area (Å²) in [6, 6.07) is 8.13. The summed E-state index contributed by atoms with van der Waals surface area (Å²) in [4.78, 5) is 6.73. The number of nitriles is 1. The van der Waals surface area contributed by atoms with Crippen molar-refractivity contribution in [1.29, 1.82) is 5.26 Å². The Morgan fingerprint density at radius 2 is 2.50 bits per heavy atom. The number of nitrogens with zero attached hydrogens (tertiary/aromatic N) is 3. The summed E-state index contributed by atoms with van der Waals surface area (Å²) in [5, 5.41) is 12.1. The van der Waals surface area contributed by atoms with Crippen LogP contribution in [0.5, 0.6) is 0 Å². The van der Waals surface area contributed by atoms with Crippen LogP contribution in [-0.4, -0.2) is 42.2 Å². The average molecular weight is 246 g/mol. The molecule has 1 aliphatic rings. The highest BCUT2D eigenvalue weighted by Gasteiger charge is 2.20. The summed E-state index contributed by atoms with van der Waals surface area (Å²) in [6.07, 6.45) is -0.310. The van der Waals surface area contributed by atoms with Crippen molar-refractivity contribution in [3.05, 3.63) is 23.9 Å². The molecular formula is C13H18N4O. The lowest BCUT2D eigenvalue weighted by Gasteiger charge is -2.29. The molecule has 1 fully saturated rings. The second kappa shape index (κ2) is 6.34. The van der Waals surface area contributed by atoms with Crippen molar-refractivity contribution < 1.29 is 4.74 Å². The van der Waals surface area contributed by atoms with Crippen LogP contribution in [0.2, 0.25) is 0 Å². The molecular weight excluding hydrogens is 228 g/mol. The Kier molecular flexibility index (Phi) is 4.51. The van der Waals surface area contributed by atoms with Crippen LogP contribution >= 0.6 is 0 Å². The largest absolute Gasteiger partial charge is 0.370 e. The minimum atomic E-state index is -0.310. The number of hydrogen-bond donors (Lipinski definition) is 1. The van der Waals surface area contributed by atoms with Gasteiger partial charge in [0.15, 0.2) is 6.10 Å². The van der Waals surface area contributed by atoms with Gasteiger partial charge in [-0.1, -0.05) is 6.07 Å². The third-order valence-electron chi connectivity index (χ3n) is 2.84. The maximum Gasteiger partial charge on any atom is 0.156 e. The fourth-order valence-corrected chi connectivity index (χ4v) is 2.00. The minimum Gasteiger partial charge on any atom is -0.370 e. The number of nitrogens with one attached hydrogen (secondary N) is 1. The third kappa shape index (κ3) is 3.42. The van der Waals surface area contributed by atoms with Gasteiger partial charge in [0, 0.05) is 26.2 Å². The Morgan fingerprint density at radius 3 is 3.28 bits per heavy atom. The SMILES string of the molecule is CCNc1cccc(CN2CCOC(C#N)C2)n1. The van der Waals surface area contributed by atoms with Crippen molar-refractivity contribution in [1.82, 2.24) is 9.88 Å². The molecule has 2 rings (SSSR count). The molecule has 2 heterocycles. The highest BCUT2D eigenvalue weighted by molar-refractivity contribution is 5.34. The van der Waals surface area contributed by atoms with Crippen LogP contribution in [0.15, 0.2) is 18.2 Å². The Bertz CT molecular complexity index is 429. The van der Waals surface area contributed by atoms with E-state index < -0.39 is 0 Å². The van der Waals surface area contributed by atoms with Crippen molar-refractivity contribution in [3.8, 4) is 6.07 Å². The fraction of sp³-hybridized carbons (Fsp3) is 0.538. The molecule has 5 nitrogen and oxygen atoms in total. The predicted molar refractivity (Wildman–Crippen MR) is 69.0 cm³/mol. The van der Waals surface area contributed by atoms with Gasteiger partial charge in [0.1, 0.15) is 5.82 Å². The lowest BCUT2D eigenvalue weighted by molar-refractivity contribution is -0.00310. The zero-order chi connectivity index (χ0) is 12.8. The molecule has 1 N–H and O–H groups in total. The van der Waals surface area contributed by atoms with Gasteiger partial charge in [-0.15, -0.1) is 0 Å². The monoisotopic (exact) mass is 246 g/mol. The number of anilines is 1. The van der Waals surface area contributed by atoms with Crippen LogP contribution in [0.1, 0.15) is 12.6 Å². The zero-order valence-electron chi connectivity index (χ0n) is 10.6. The molecule has 96 valence electrons. The molecule has 1 aromatic rings. The Hall–Kier alpha value is -1.64. The van der Waals surface area contributed by atoms with E-state index in [0.717, 1.165) is 31.1 Å². The Morgan fingerprint density at radius 1 is 1.61 bits per heavy atom. The summed E-state index contributed by atoms with van der Waals surface area (Å²) in [5.74, 6) is 0.903. The molecule has 1 aliphatic heterocycles. The van der Waals surface area contributed by atoms with E-state index in [-0.39, 0.29) is 6.10 Å². The predicted octanol–water partition coefficient (Wildman–Crippen LogP) is 1.24. The van der Waals surface area contributed by atoms with Crippen LogP contribution < -0.4 is 5.32 Å². The molecule has 0 amide bonds. The molecule has 5 heteroatoms. The number of pyridine rings is 1. The smallest absolute Gasteiger partial charge is 0.156 e. The average Bonchev–Trinajstić information content (AvgIpc) is 2.40. The Labute approximate surface area is 107 Å². The molecule has 0 bridgehead atoms. The molecule has 0 radical (unpaired) electrons. The summed E-state index contributed by atoms with van der Waals surface area (Å²) in [7, 11) is 0. The van der Waals surface area contributed by atoms with Crippen molar-refractivity contribution in [2.75, 3.05) is 31.6 Å². The summed E-state index contributed by atoms with van der Waals surface area (Å²) in [5.41, 5.74) is 1.02. The molecule has 0 aromatic carbocycles. The minimum absolute atomic E-state index is 0.310. The molecule has 1 saturated heterocycles. The van der Waals surface area contributed by atoms with E-state index in [2.05, 4.69) is 21.3 Å². The maximum atomic E-state index is 8.86. The molecule has 1 aromatic heterocycles. The number of morpholine rings is 1. The first-order valence-electron chi connectivity index (χ1n) is 6.25. The van der Waals surface area contributed by atoms with Gasteiger partial charge >= 0.3 is 0 Å². The molecule has 0 saturated carbocycles. The highest BCUT2D eigenvalue weighted by atomic mass is 16.5. The van der Waals surface area contributed by atoms with Crippen LogP contribution in [0, 0.1) is 11.3 Å². The van der Waals surface area contributed by atoms with Gasteiger partial charge in [0.2, 0.25) is 0 Å². The highest BCUT2D eigenvalue weighted by Crippen LogP contribution is 2.11. The second-order valence-corrected chi connectivity index (χ2v) is 4.27. The number of ether oxygens (including phenoxy) is 1. The van der Waals surface area contributed by atoms with E-state index in [0.29, 0.717) is 13.2 Å². The van der Waals surface area contributed by atoms with Crippen LogP contribution in [0.3, 0.4) is 0 Å². The lowest BCUT2D eigenvalue weighted by Crippen LogP contribution is -2.41. The molecule has 18 heavy (non-hydrogen) atoms. The van der Waals surface area contributed by atoms with Crippen molar-refractivity contribution in [2.24, 2.45) is 0 Å². The zero-order valence-corrected chi connectivity index (χ0v) is 10.6.